The fourth-order valence-electron chi connectivity index (χ4n) is 4.97. The van der Waals surface area contributed by atoms with Crippen LogP contribution in [0.3, 0.4) is 0 Å². The number of rotatable bonds is 8. The van der Waals surface area contributed by atoms with Crippen molar-refractivity contribution in [3.8, 4) is 5.75 Å². The van der Waals surface area contributed by atoms with Crippen LogP contribution in [-0.2, 0) is 33.0 Å². The molecule has 2 heterocycles. The van der Waals surface area contributed by atoms with Gasteiger partial charge in [0, 0.05) is 29.8 Å². The zero-order valence-electron chi connectivity index (χ0n) is 19.8. The van der Waals surface area contributed by atoms with E-state index in [0.29, 0.717) is 35.6 Å². The molecule has 0 aliphatic carbocycles. The number of hydrogen-bond acceptors (Lipinski definition) is 5. The molecule has 2 aliphatic heterocycles. The first-order valence-electron chi connectivity index (χ1n) is 11.8. The highest BCUT2D eigenvalue weighted by molar-refractivity contribution is 6.31. The molecule has 190 valence electrons. The van der Waals surface area contributed by atoms with Gasteiger partial charge in [-0.3, -0.25) is 0 Å². The van der Waals surface area contributed by atoms with Crippen molar-refractivity contribution in [1.29, 1.82) is 0 Å². The highest BCUT2D eigenvalue weighted by atomic mass is 35.5. The average molecular weight is 517 g/mol. The minimum absolute atomic E-state index is 0.0641. The van der Waals surface area contributed by atoms with E-state index >= 15 is 0 Å². The summed E-state index contributed by atoms with van der Waals surface area (Å²) in [6.07, 6.45) is 0.748. The van der Waals surface area contributed by atoms with Crippen LogP contribution in [0.5, 0.6) is 5.75 Å². The number of halogens is 3. The first-order valence-corrected chi connectivity index (χ1v) is 12.1. The SMILES string of the molecule is COc1ccc(Cc2cc([C@]34C[C@@H](OCc5ccccc5)C[C@](CO)(CO3)O4)ccc2Cl)c(F)c1F. The molecule has 2 fully saturated rings. The molecule has 0 radical (unpaired) electrons. The first kappa shape index (κ1) is 25.1. The minimum atomic E-state index is -1.15. The van der Waals surface area contributed by atoms with E-state index in [1.165, 1.54) is 19.2 Å². The van der Waals surface area contributed by atoms with E-state index in [-0.39, 0.29) is 37.1 Å². The van der Waals surface area contributed by atoms with Crippen LogP contribution in [0, 0.1) is 11.6 Å². The standard InChI is InChI=1S/C28H27ClF2O5/c1-33-24-10-7-19(25(30)26(24)31)11-20-12-21(8-9-23(20)29)28-14-22(13-27(16-32,36-28)17-35-28)34-15-18-5-3-2-4-6-18/h2-10,12,22,32H,11,13-17H2,1H3/t22-,27-,28+/m0/s1. The minimum Gasteiger partial charge on any atom is -0.494 e. The Morgan fingerprint density at radius 3 is 2.58 bits per heavy atom. The second-order valence-electron chi connectivity index (χ2n) is 9.35. The average Bonchev–Trinajstić information content (AvgIpc) is 3.19. The lowest BCUT2D eigenvalue weighted by molar-refractivity contribution is -0.255. The van der Waals surface area contributed by atoms with Crippen molar-refractivity contribution in [2.75, 3.05) is 20.3 Å². The predicted octanol–water partition coefficient (Wildman–Crippen LogP) is 5.53. The van der Waals surface area contributed by atoms with Crippen LogP contribution >= 0.6 is 11.6 Å². The van der Waals surface area contributed by atoms with Crippen molar-refractivity contribution in [3.63, 3.8) is 0 Å². The number of methoxy groups -OCH3 is 1. The summed E-state index contributed by atoms with van der Waals surface area (Å²) < 4.78 is 52.5. The van der Waals surface area contributed by atoms with E-state index in [0.717, 1.165) is 5.56 Å². The molecule has 3 atom stereocenters. The number of aliphatic hydroxyl groups excluding tert-OH is 1. The molecule has 0 amide bonds. The largest absolute Gasteiger partial charge is 0.494 e. The maximum absolute atomic E-state index is 14.7. The summed E-state index contributed by atoms with van der Waals surface area (Å²) >= 11 is 6.45. The van der Waals surface area contributed by atoms with Crippen LogP contribution < -0.4 is 4.74 Å². The summed E-state index contributed by atoms with van der Waals surface area (Å²) in [5.74, 6) is -3.33. The molecule has 5 nitrogen and oxygen atoms in total. The Bertz CT molecular complexity index is 1240. The van der Waals surface area contributed by atoms with E-state index in [2.05, 4.69) is 0 Å². The monoisotopic (exact) mass is 516 g/mol. The summed E-state index contributed by atoms with van der Waals surface area (Å²) in [5.41, 5.74) is 1.58. The maximum Gasteiger partial charge on any atom is 0.200 e. The molecule has 8 heteroatoms. The van der Waals surface area contributed by atoms with Gasteiger partial charge in [-0.05, 0) is 34.9 Å². The molecule has 3 aromatic rings. The molecule has 5 rings (SSSR count). The fourth-order valence-corrected chi connectivity index (χ4v) is 5.16. The second-order valence-corrected chi connectivity index (χ2v) is 9.76. The van der Waals surface area contributed by atoms with Crippen LogP contribution in [0.1, 0.15) is 35.1 Å². The predicted molar refractivity (Wildman–Crippen MR) is 130 cm³/mol. The topological polar surface area (TPSA) is 57.2 Å². The van der Waals surface area contributed by atoms with Crippen molar-refractivity contribution in [2.45, 2.75) is 43.4 Å². The van der Waals surface area contributed by atoms with Gasteiger partial charge in [-0.2, -0.15) is 4.39 Å². The Morgan fingerprint density at radius 2 is 1.83 bits per heavy atom. The summed E-state index contributed by atoms with van der Waals surface area (Å²) in [5, 5.41) is 10.6. The molecule has 2 aliphatic rings. The van der Waals surface area contributed by atoms with Gasteiger partial charge < -0.3 is 24.1 Å². The van der Waals surface area contributed by atoms with Crippen molar-refractivity contribution >= 4 is 11.6 Å². The van der Waals surface area contributed by atoms with Crippen molar-refractivity contribution in [1.82, 2.24) is 0 Å². The molecule has 3 aromatic carbocycles. The van der Waals surface area contributed by atoms with Crippen LogP contribution in [0.4, 0.5) is 8.78 Å². The molecular weight excluding hydrogens is 490 g/mol. The van der Waals surface area contributed by atoms with Crippen LogP contribution in [0.15, 0.2) is 60.7 Å². The molecule has 0 aromatic heterocycles. The molecule has 1 N–H and O–H groups in total. The van der Waals surface area contributed by atoms with Gasteiger partial charge in [-0.25, -0.2) is 4.39 Å². The Labute approximate surface area is 213 Å². The van der Waals surface area contributed by atoms with Gasteiger partial charge >= 0.3 is 0 Å². The third-order valence-corrected chi connectivity index (χ3v) is 7.24. The van der Waals surface area contributed by atoms with E-state index in [9.17, 15) is 13.9 Å². The van der Waals surface area contributed by atoms with E-state index in [4.69, 9.17) is 30.5 Å². The number of hydrogen-bond donors (Lipinski definition) is 1. The van der Waals surface area contributed by atoms with Crippen LogP contribution in [-0.4, -0.2) is 37.1 Å². The highest BCUT2D eigenvalue weighted by Gasteiger charge is 2.57. The zero-order valence-corrected chi connectivity index (χ0v) is 20.6. The number of fused-ring (bicyclic) bond motifs is 2. The number of ether oxygens (including phenoxy) is 4. The Kier molecular flexibility index (Phi) is 7.03. The number of aliphatic hydroxyl groups is 1. The quantitative estimate of drug-likeness (QED) is 0.427. The van der Waals surface area contributed by atoms with E-state index in [1.807, 2.05) is 30.3 Å². The van der Waals surface area contributed by atoms with Crippen molar-refractivity contribution in [3.05, 3.63) is 99.6 Å². The second kappa shape index (κ2) is 10.1. The maximum atomic E-state index is 14.7. The zero-order chi connectivity index (χ0) is 25.3. The van der Waals surface area contributed by atoms with Crippen molar-refractivity contribution in [2.24, 2.45) is 0 Å². The lowest BCUT2D eigenvalue weighted by Crippen LogP contribution is -2.48. The summed E-state index contributed by atoms with van der Waals surface area (Å²) in [7, 11) is 1.28. The third kappa shape index (κ3) is 4.74. The van der Waals surface area contributed by atoms with Gasteiger partial charge in [-0.1, -0.05) is 54.1 Å². The Morgan fingerprint density at radius 1 is 1.03 bits per heavy atom. The smallest absolute Gasteiger partial charge is 0.200 e. The van der Waals surface area contributed by atoms with Gasteiger partial charge in [0.05, 0.1) is 33.0 Å². The molecule has 0 unspecified atom stereocenters. The van der Waals surface area contributed by atoms with Gasteiger partial charge in [0.1, 0.15) is 5.60 Å². The molecule has 36 heavy (non-hydrogen) atoms. The normalized spacial score (nSPS) is 25.2. The van der Waals surface area contributed by atoms with Crippen LogP contribution in [0.2, 0.25) is 5.02 Å². The number of benzene rings is 3. The molecule has 0 saturated carbocycles. The molecule has 0 spiro atoms. The summed E-state index contributed by atoms with van der Waals surface area (Å²) in [6.45, 7) is 0.430. The lowest BCUT2D eigenvalue weighted by Gasteiger charge is -2.41. The van der Waals surface area contributed by atoms with Gasteiger partial charge in [0.2, 0.25) is 5.82 Å². The summed E-state index contributed by atoms with van der Waals surface area (Å²) in [6, 6.07) is 18.0. The fraction of sp³-hybridized carbons (Fsp3) is 0.357. The van der Waals surface area contributed by atoms with Crippen molar-refractivity contribution < 1.29 is 32.8 Å². The Balaban J connectivity index is 1.42. The van der Waals surface area contributed by atoms with Gasteiger partial charge in [0.25, 0.3) is 0 Å². The van der Waals surface area contributed by atoms with E-state index in [1.54, 1.807) is 18.2 Å². The first-order chi connectivity index (χ1) is 17.4. The van der Waals surface area contributed by atoms with E-state index < -0.39 is 23.0 Å². The van der Waals surface area contributed by atoms with Crippen LogP contribution in [0.25, 0.3) is 0 Å². The summed E-state index contributed by atoms with van der Waals surface area (Å²) in [4.78, 5) is 0. The molecule has 2 bridgehead atoms. The Hall–Kier alpha value is -2.55. The lowest BCUT2D eigenvalue weighted by atomic mass is 9.87. The molecular formula is C28H27ClF2O5. The highest BCUT2D eigenvalue weighted by Crippen LogP contribution is 2.50. The third-order valence-electron chi connectivity index (χ3n) is 6.88. The molecule has 2 saturated heterocycles. The van der Waals surface area contributed by atoms with Gasteiger partial charge in [0.15, 0.2) is 17.4 Å². The van der Waals surface area contributed by atoms with Gasteiger partial charge in [-0.15, -0.1) is 0 Å².